The Morgan fingerprint density at radius 1 is 0.933 bits per heavy atom. The summed E-state index contributed by atoms with van der Waals surface area (Å²) in [6.45, 7) is 1.38. The molecule has 6 heteroatoms. The molecule has 0 aliphatic heterocycles. The maximum Gasteiger partial charge on any atom is 0.251 e. The number of para-hydroxylation sites is 2. The maximum absolute atomic E-state index is 12.3. The Morgan fingerprint density at radius 2 is 1.73 bits per heavy atom. The van der Waals surface area contributed by atoms with E-state index in [0.29, 0.717) is 12.1 Å². The minimum atomic E-state index is -0.0559. The van der Waals surface area contributed by atoms with Crippen LogP contribution >= 0.6 is 31.9 Å². The Morgan fingerprint density at radius 3 is 2.53 bits per heavy atom. The van der Waals surface area contributed by atoms with Crippen molar-refractivity contribution in [2.24, 2.45) is 0 Å². The highest BCUT2D eigenvalue weighted by atomic mass is 79.9. The van der Waals surface area contributed by atoms with E-state index in [2.05, 4.69) is 72.1 Å². The summed E-state index contributed by atoms with van der Waals surface area (Å²) in [5.74, 6) is 0.982. The largest absolute Gasteiger partial charge is 0.352 e. The Kier molecular flexibility index (Phi) is 6.65. The molecule has 0 fully saturated rings. The Balaban J connectivity index is 1.44. The summed E-state index contributed by atoms with van der Waals surface area (Å²) < 4.78 is 4.24. The van der Waals surface area contributed by atoms with E-state index in [0.717, 1.165) is 45.2 Å². The number of carbonyl (C=O) groups excluding carboxylic acids is 1. The molecule has 0 spiro atoms. The first-order chi connectivity index (χ1) is 14.6. The molecular formula is C24H21Br2N3O. The average Bonchev–Trinajstić information content (AvgIpc) is 3.10. The van der Waals surface area contributed by atoms with Gasteiger partial charge in [-0.3, -0.25) is 4.79 Å². The van der Waals surface area contributed by atoms with Gasteiger partial charge in [-0.05, 0) is 54.4 Å². The molecule has 0 radical (unpaired) electrons. The van der Waals surface area contributed by atoms with E-state index < -0.39 is 0 Å². The van der Waals surface area contributed by atoms with Gasteiger partial charge in [0.05, 0.1) is 11.0 Å². The molecule has 0 saturated heterocycles. The van der Waals surface area contributed by atoms with Crippen LogP contribution in [0.3, 0.4) is 0 Å². The molecule has 3 aromatic carbocycles. The van der Waals surface area contributed by atoms with Crippen molar-refractivity contribution in [3.8, 4) is 0 Å². The maximum atomic E-state index is 12.3. The average molecular weight is 527 g/mol. The highest BCUT2D eigenvalue weighted by Gasteiger charge is 2.11. The predicted octanol–water partition coefficient (Wildman–Crippen LogP) is 5.97. The fraction of sp³-hybridized carbons (Fsp3) is 0.167. The molecule has 4 rings (SSSR count). The number of aromatic nitrogens is 2. The smallest absolute Gasteiger partial charge is 0.251 e. The third-order valence-electron chi connectivity index (χ3n) is 4.94. The molecule has 1 N–H and O–H groups in total. The van der Waals surface area contributed by atoms with E-state index in [4.69, 9.17) is 4.98 Å². The zero-order valence-electron chi connectivity index (χ0n) is 16.3. The highest BCUT2D eigenvalue weighted by molar-refractivity contribution is 9.10. The second-order valence-electron chi connectivity index (χ2n) is 7.10. The van der Waals surface area contributed by atoms with Gasteiger partial charge in [-0.25, -0.2) is 4.98 Å². The summed E-state index contributed by atoms with van der Waals surface area (Å²) in [5, 5.41) is 3.00. The number of fused-ring (bicyclic) bond motifs is 1. The van der Waals surface area contributed by atoms with Crippen LogP contribution in [0, 0.1) is 0 Å². The predicted molar refractivity (Wildman–Crippen MR) is 128 cm³/mol. The molecule has 4 nitrogen and oxygen atoms in total. The molecule has 0 aliphatic carbocycles. The number of nitrogens with zero attached hydrogens (tertiary/aromatic N) is 2. The van der Waals surface area contributed by atoms with Crippen LogP contribution in [0.1, 0.15) is 28.2 Å². The quantitative estimate of drug-likeness (QED) is 0.301. The van der Waals surface area contributed by atoms with Gasteiger partial charge in [-0.15, -0.1) is 0 Å². The van der Waals surface area contributed by atoms with Gasteiger partial charge >= 0.3 is 0 Å². The molecule has 1 aromatic heterocycles. The van der Waals surface area contributed by atoms with Gasteiger partial charge in [0.1, 0.15) is 5.82 Å². The third kappa shape index (κ3) is 4.99. The minimum Gasteiger partial charge on any atom is -0.352 e. The van der Waals surface area contributed by atoms with E-state index in [1.807, 2.05) is 42.5 Å². The zero-order chi connectivity index (χ0) is 20.9. The molecule has 1 heterocycles. The summed E-state index contributed by atoms with van der Waals surface area (Å²) in [6.07, 6.45) is 1.62. The molecule has 0 saturated carbocycles. The van der Waals surface area contributed by atoms with Gasteiger partial charge in [-0.2, -0.15) is 0 Å². The number of rotatable bonds is 7. The van der Waals surface area contributed by atoms with E-state index in [1.54, 1.807) is 0 Å². The number of aryl methyl sites for hydroxylation is 1. The van der Waals surface area contributed by atoms with Crippen molar-refractivity contribution in [2.45, 2.75) is 19.4 Å². The van der Waals surface area contributed by atoms with Crippen LogP contribution < -0.4 is 5.32 Å². The number of carbonyl (C=O) groups is 1. The molecule has 0 bridgehead atoms. The van der Waals surface area contributed by atoms with E-state index >= 15 is 0 Å². The fourth-order valence-corrected chi connectivity index (χ4v) is 4.11. The van der Waals surface area contributed by atoms with Gasteiger partial charge in [0.2, 0.25) is 0 Å². The number of hydrogen-bond donors (Lipinski definition) is 1. The van der Waals surface area contributed by atoms with Gasteiger partial charge < -0.3 is 9.88 Å². The normalized spacial score (nSPS) is 11.0. The summed E-state index contributed by atoms with van der Waals surface area (Å²) in [5.41, 5.74) is 4.02. The molecule has 0 unspecified atom stereocenters. The second-order valence-corrected chi connectivity index (χ2v) is 8.93. The first-order valence-corrected chi connectivity index (χ1v) is 11.4. The lowest BCUT2D eigenvalue weighted by Gasteiger charge is -2.10. The van der Waals surface area contributed by atoms with E-state index in [1.165, 1.54) is 5.56 Å². The molecule has 30 heavy (non-hydrogen) atoms. The van der Waals surface area contributed by atoms with Crippen molar-refractivity contribution in [1.29, 1.82) is 0 Å². The van der Waals surface area contributed by atoms with Crippen molar-refractivity contribution < 1.29 is 4.79 Å². The minimum absolute atomic E-state index is 0.0559. The fourth-order valence-electron chi connectivity index (χ4n) is 3.45. The van der Waals surface area contributed by atoms with Gasteiger partial charge in [0.25, 0.3) is 5.91 Å². The lowest BCUT2D eigenvalue weighted by atomic mass is 10.2. The van der Waals surface area contributed by atoms with Crippen molar-refractivity contribution >= 4 is 48.8 Å². The van der Waals surface area contributed by atoms with Crippen LogP contribution in [0.5, 0.6) is 0 Å². The van der Waals surface area contributed by atoms with Gasteiger partial charge in [-0.1, -0.05) is 62.2 Å². The number of hydrogen-bond acceptors (Lipinski definition) is 2. The summed E-state index contributed by atoms with van der Waals surface area (Å²) >= 11 is 6.90. The van der Waals surface area contributed by atoms with Gasteiger partial charge in [0.15, 0.2) is 0 Å². The number of benzene rings is 3. The van der Waals surface area contributed by atoms with Crippen LogP contribution in [0.15, 0.2) is 81.7 Å². The van der Waals surface area contributed by atoms with Crippen molar-refractivity contribution in [2.75, 3.05) is 6.54 Å². The molecular weight excluding hydrogens is 506 g/mol. The van der Waals surface area contributed by atoms with E-state index in [9.17, 15) is 4.79 Å². The molecule has 0 aliphatic rings. The van der Waals surface area contributed by atoms with Crippen LogP contribution in [-0.2, 0) is 13.0 Å². The lowest BCUT2D eigenvalue weighted by Crippen LogP contribution is -2.25. The second kappa shape index (κ2) is 9.58. The summed E-state index contributed by atoms with van der Waals surface area (Å²) in [7, 11) is 0. The van der Waals surface area contributed by atoms with Gasteiger partial charge in [0, 0.05) is 34.0 Å². The van der Waals surface area contributed by atoms with Crippen LogP contribution in [0.2, 0.25) is 0 Å². The SMILES string of the molecule is O=C(NCCCc1nc2ccccc2n1Cc1ccc(Br)cc1)c1cccc(Br)c1. The van der Waals surface area contributed by atoms with E-state index in [-0.39, 0.29) is 5.91 Å². The first kappa shape index (κ1) is 20.8. The zero-order valence-corrected chi connectivity index (χ0v) is 19.5. The summed E-state index contributed by atoms with van der Waals surface area (Å²) in [4.78, 5) is 17.2. The number of nitrogens with one attached hydrogen (secondary N) is 1. The topological polar surface area (TPSA) is 46.9 Å². The van der Waals surface area contributed by atoms with Crippen LogP contribution in [0.25, 0.3) is 11.0 Å². The third-order valence-corrected chi connectivity index (χ3v) is 5.96. The lowest BCUT2D eigenvalue weighted by molar-refractivity contribution is 0.0953. The Hall–Kier alpha value is -2.44. The highest BCUT2D eigenvalue weighted by Crippen LogP contribution is 2.20. The number of halogens is 2. The van der Waals surface area contributed by atoms with Crippen LogP contribution in [-0.4, -0.2) is 22.0 Å². The number of amides is 1. The van der Waals surface area contributed by atoms with Crippen LogP contribution in [0.4, 0.5) is 0 Å². The Labute approximate surface area is 192 Å². The number of imidazole rings is 1. The van der Waals surface area contributed by atoms with Crippen molar-refractivity contribution in [1.82, 2.24) is 14.9 Å². The summed E-state index contributed by atoms with van der Waals surface area (Å²) in [6, 6.07) is 24.0. The molecule has 152 valence electrons. The standard InChI is InChI=1S/C24H21Br2N3O/c25-19-12-10-17(11-13-19)16-29-22-8-2-1-7-21(22)28-23(29)9-4-14-27-24(30)18-5-3-6-20(26)15-18/h1-3,5-8,10-13,15H,4,9,14,16H2,(H,27,30). The molecule has 1 amide bonds. The Bertz CT molecular complexity index is 1170. The monoisotopic (exact) mass is 525 g/mol. The molecule has 0 atom stereocenters. The first-order valence-electron chi connectivity index (χ1n) is 9.82. The molecule has 4 aromatic rings. The van der Waals surface area contributed by atoms with Crippen molar-refractivity contribution in [3.63, 3.8) is 0 Å². The van der Waals surface area contributed by atoms with Crippen molar-refractivity contribution in [3.05, 3.63) is 98.7 Å².